The normalized spacial score (nSPS) is 17.6. The van der Waals surface area contributed by atoms with E-state index in [0.717, 1.165) is 29.5 Å². The van der Waals surface area contributed by atoms with Crippen LogP contribution < -0.4 is 10.1 Å². The Morgan fingerprint density at radius 3 is 2.78 bits per heavy atom. The van der Waals surface area contributed by atoms with Gasteiger partial charge in [-0.15, -0.1) is 0 Å². The summed E-state index contributed by atoms with van der Waals surface area (Å²) in [5, 5.41) is 4.07. The number of ether oxygens (including phenoxy) is 1. The lowest BCUT2D eigenvalue weighted by atomic mass is 9.95. The quantitative estimate of drug-likeness (QED) is 0.862. The highest BCUT2D eigenvalue weighted by molar-refractivity contribution is 7.80. The molecule has 2 aromatic rings. The van der Waals surface area contributed by atoms with Crippen molar-refractivity contribution in [1.29, 1.82) is 0 Å². The number of nitrogens with one attached hydrogen (secondary N) is 1. The van der Waals surface area contributed by atoms with Crippen LogP contribution in [0.4, 0.5) is 5.69 Å². The van der Waals surface area contributed by atoms with Crippen LogP contribution in [0, 0.1) is 0 Å². The monoisotopic (exact) mass is 327 g/mol. The molecule has 5 heteroatoms. The molecule has 1 unspecified atom stereocenters. The molecule has 1 atom stereocenters. The molecule has 23 heavy (non-hydrogen) atoms. The van der Waals surface area contributed by atoms with E-state index in [1.165, 1.54) is 18.4 Å². The van der Waals surface area contributed by atoms with Gasteiger partial charge in [-0.2, -0.15) is 0 Å². The van der Waals surface area contributed by atoms with Crippen LogP contribution in [0.3, 0.4) is 0 Å². The first-order chi connectivity index (χ1) is 11.3. The van der Waals surface area contributed by atoms with E-state index in [4.69, 9.17) is 17.0 Å². The van der Waals surface area contributed by atoms with Gasteiger partial charge >= 0.3 is 0 Å². The molecule has 1 aliphatic rings. The average Bonchev–Trinajstić information content (AvgIpc) is 2.62. The lowest BCUT2D eigenvalue weighted by Crippen LogP contribution is -2.41. The van der Waals surface area contributed by atoms with E-state index in [9.17, 15) is 0 Å². The Morgan fingerprint density at radius 2 is 2.09 bits per heavy atom. The molecular weight excluding hydrogens is 306 g/mol. The maximum Gasteiger partial charge on any atom is 0.173 e. The molecule has 4 nitrogen and oxygen atoms in total. The van der Waals surface area contributed by atoms with Crippen molar-refractivity contribution in [3.05, 3.63) is 54.4 Å². The number of benzene rings is 1. The molecule has 1 aromatic carbocycles. The van der Waals surface area contributed by atoms with Crippen molar-refractivity contribution >= 4 is 23.0 Å². The van der Waals surface area contributed by atoms with Crippen LogP contribution in [0.1, 0.15) is 30.9 Å². The second-order valence-electron chi connectivity index (χ2n) is 5.65. The highest BCUT2D eigenvalue weighted by Gasteiger charge is 2.26. The minimum absolute atomic E-state index is 0.311. The van der Waals surface area contributed by atoms with E-state index in [1.807, 2.05) is 24.3 Å². The van der Waals surface area contributed by atoms with Gasteiger partial charge in [-0.05, 0) is 61.3 Å². The van der Waals surface area contributed by atoms with Gasteiger partial charge in [0.25, 0.3) is 0 Å². The Bertz CT molecular complexity index is 645. The Labute approximate surface area is 142 Å². The number of rotatable bonds is 3. The van der Waals surface area contributed by atoms with Gasteiger partial charge in [0, 0.05) is 12.7 Å². The highest BCUT2D eigenvalue weighted by atomic mass is 32.1. The van der Waals surface area contributed by atoms with Crippen LogP contribution in [0.25, 0.3) is 0 Å². The number of thiocarbonyl (C=S) groups is 1. The predicted molar refractivity (Wildman–Crippen MR) is 96.7 cm³/mol. The Balaban J connectivity index is 1.76. The minimum atomic E-state index is 0.311. The molecule has 1 fully saturated rings. The van der Waals surface area contributed by atoms with Gasteiger partial charge in [-0.25, -0.2) is 0 Å². The summed E-state index contributed by atoms with van der Waals surface area (Å²) in [5.74, 6) is 0.882. The summed E-state index contributed by atoms with van der Waals surface area (Å²) < 4.78 is 5.25. The van der Waals surface area contributed by atoms with Crippen molar-refractivity contribution in [3.63, 3.8) is 0 Å². The van der Waals surface area contributed by atoms with E-state index in [2.05, 4.69) is 27.3 Å². The van der Waals surface area contributed by atoms with E-state index in [0.29, 0.717) is 6.04 Å². The molecule has 1 aliphatic heterocycles. The summed E-state index contributed by atoms with van der Waals surface area (Å²) in [6, 6.07) is 12.5. The average molecular weight is 327 g/mol. The topological polar surface area (TPSA) is 37.4 Å². The number of pyridine rings is 1. The summed E-state index contributed by atoms with van der Waals surface area (Å²) in [6.07, 6.45) is 7.05. The zero-order valence-electron chi connectivity index (χ0n) is 13.2. The van der Waals surface area contributed by atoms with Crippen LogP contribution in [0.2, 0.25) is 0 Å². The Morgan fingerprint density at radius 1 is 1.26 bits per heavy atom. The smallest absolute Gasteiger partial charge is 0.173 e. The second-order valence-corrected chi connectivity index (χ2v) is 6.04. The van der Waals surface area contributed by atoms with E-state index in [1.54, 1.807) is 19.5 Å². The first kappa shape index (κ1) is 15.7. The maximum atomic E-state index is 5.64. The number of aromatic nitrogens is 1. The van der Waals surface area contributed by atoms with Gasteiger partial charge in [0.05, 0.1) is 25.0 Å². The van der Waals surface area contributed by atoms with Gasteiger partial charge in [0.15, 0.2) is 5.11 Å². The standard InChI is InChI=1S/C18H21N3OS/c1-22-16-9-7-14(8-10-16)17-6-2-3-12-21(17)18(23)20-15-5-4-11-19-13-15/h4-5,7-11,13,17H,2-3,6,12H2,1H3,(H,20,23). The Hall–Kier alpha value is -2.14. The molecule has 120 valence electrons. The molecule has 0 bridgehead atoms. The molecule has 0 saturated carbocycles. The van der Waals surface area contributed by atoms with Crippen molar-refractivity contribution in [1.82, 2.24) is 9.88 Å². The number of methoxy groups -OCH3 is 1. The number of hydrogen-bond donors (Lipinski definition) is 1. The predicted octanol–water partition coefficient (Wildman–Crippen LogP) is 4.01. The summed E-state index contributed by atoms with van der Waals surface area (Å²) >= 11 is 5.64. The van der Waals surface area contributed by atoms with Crippen LogP contribution in [0.5, 0.6) is 5.75 Å². The zero-order chi connectivity index (χ0) is 16.1. The number of hydrogen-bond acceptors (Lipinski definition) is 3. The molecule has 1 N–H and O–H groups in total. The lowest BCUT2D eigenvalue weighted by molar-refractivity contribution is 0.248. The van der Waals surface area contributed by atoms with Crippen LogP contribution >= 0.6 is 12.2 Å². The SMILES string of the molecule is COc1ccc(C2CCCCN2C(=S)Nc2cccnc2)cc1. The van der Waals surface area contributed by atoms with Crippen LogP contribution in [-0.4, -0.2) is 28.7 Å². The lowest BCUT2D eigenvalue weighted by Gasteiger charge is -2.38. The van der Waals surface area contributed by atoms with E-state index in [-0.39, 0.29) is 0 Å². The highest BCUT2D eigenvalue weighted by Crippen LogP contribution is 2.32. The van der Waals surface area contributed by atoms with Crippen molar-refractivity contribution in [2.75, 3.05) is 19.0 Å². The third-order valence-corrected chi connectivity index (χ3v) is 4.51. The number of anilines is 1. The molecule has 1 aromatic heterocycles. The van der Waals surface area contributed by atoms with E-state index >= 15 is 0 Å². The van der Waals surface area contributed by atoms with Gasteiger partial charge in [-0.1, -0.05) is 12.1 Å². The fourth-order valence-electron chi connectivity index (χ4n) is 2.98. The maximum absolute atomic E-state index is 5.64. The minimum Gasteiger partial charge on any atom is -0.497 e. The fraction of sp³-hybridized carbons (Fsp3) is 0.333. The van der Waals surface area contributed by atoms with Crippen molar-refractivity contribution < 1.29 is 4.74 Å². The van der Waals surface area contributed by atoms with Crippen molar-refractivity contribution in [2.45, 2.75) is 25.3 Å². The summed E-state index contributed by atoms with van der Waals surface area (Å²) in [7, 11) is 1.69. The molecule has 2 heterocycles. The largest absolute Gasteiger partial charge is 0.497 e. The summed E-state index contributed by atoms with van der Waals surface area (Å²) in [4.78, 5) is 6.41. The Kier molecular flexibility index (Phi) is 5.08. The van der Waals surface area contributed by atoms with Crippen LogP contribution in [-0.2, 0) is 0 Å². The number of nitrogens with zero attached hydrogens (tertiary/aromatic N) is 2. The molecular formula is C18H21N3OS. The third-order valence-electron chi connectivity index (χ3n) is 4.18. The summed E-state index contributed by atoms with van der Waals surface area (Å²) in [6.45, 7) is 0.975. The van der Waals surface area contributed by atoms with Crippen LogP contribution in [0.15, 0.2) is 48.8 Å². The first-order valence-electron chi connectivity index (χ1n) is 7.89. The molecule has 0 amide bonds. The number of piperidine rings is 1. The number of likely N-dealkylation sites (tertiary alicyclic amines) is 1. The molecule has 1 saturated heterocycles. The summed E-state index contributed by atoms with van der Waals surface area (Å²) in [5.41, 5.74) is 2.21. The van der Waals surface area contributed by atoms with Gasteiger partial charge < -0.3 is 15.0 Å². The van der Waals surface area contributed by atoms with E-state index < -0.39 is 0 Å². The molecule has 0 aliphatic carbocycles. The first-order valence-corrected chi connectivity index (χ1v) is 8.30. The van der Waals surface area contributed by atoms with Gasteiger partial charge in [0.2, 0.25) is 0 Å². The van der Waals surface area contributed by atoms with Gasteiger partial charge in [-0.3, -0.25) is 4.98 Å². The molecule has 0 radical (unpaired) electrons. The molecule has 3 rings (SSSR count). The van der Waals surface area contributed by atoms with Crippen molar-refractivity contribution in [2.24, 2.45) is 0 Å². The van der Waals surface area contributed by atoms with Crippen molar-refractivity contribution in [3.8, 4) is 5.75 Å². The van der Waals surface area contributed by atoms with Gasteiger partial charge in [0.1, 0.15) is 5.75 Å². The fourth-order valence-corrected chi connectivity index (χ4v) is 3.32. The molecule has 0 spiro atoms. The zero-order valence-corrected chi connectivity index (χ0v) is 14.1. The second kappa shape index (κ2) is 7.42. The third kappa shape index (κ3) is 3.79.